The Hall–Kier alpha value is -3.72. The Bertz CT molecular complexity index is 1430. The molecule has 4 aromatic rings. The molecule has 0 spiro atoms. The molecule has 0 unspecified atom stereocenters. The molecule has 0 bridgehead atoms. The standard InChI is InChI=1S/C27H31FN6O2/c1-18-6-7-20(31(5)26(35)23-17-33(27(2,3)4)30-25(23)28)16-22(18)19-14-21-8-9-29-34(21)24(15-19)32-10-12-36-13-11-32/h6-9,14-17H,10-13H2,1-5H3. The average molecular weight is 491 g/mol. The molecule has 0 saturated carbocycles. The first kappa shape index (κ1) is 24.0. The number of carbonyl (C=O) groups is 1. The van der Waals surface area contributed by atoms with Gasteiger partial charge < -0.3 is 14.5 Å². The summed E-state index contributed by atoms with van der Waals surface area (Å²) in [7, 11) is 1.66. The van der Waals surface area contributed by atoms with Crippen LogP contribution < -0.4 is 9.80 Å². The maximum absolute atomic E-state index is 14.6. The molecule has 4 heterocycles. The molecule has 0 N–H and O–H groups in total. The molecule has 1 aromatic carbocycles. The van der Waals surface area contributed by atoms with E-state index in [2.05, 4.69) is 27.2 Å². The van der Waals surface area contributed by atoms with Crippen LogP contribution in [-0.4, -0.2) is 58.7 Å². The summed E-state index contributed by atoms with van der Waals surface area (Å²) in [5.41, 5.74) is 4.27. The zero-order valence-corrected chi connectivity index (χ0v) is 21.3. The predicted octanol–water partition coefficient (Wildman–Crippen LogP) is 4.51. The van der Waals surface area contributed by atoms with Crippen molar-refractivity contribution in [3.05, 3.63) is 65.9 Å². The number of hydrogen-bond donors (Lipinski definition) is 0. The highest BCUT2D eigenvalue weighted by Gasteiger charge is 2.25. The molecular formula is C27H31FN6O2. The topological polar surface area (TPSA) is 67.9 Å². The minimum absolute atomic E-state index is 0.0511. The highest BCUT2D eigenvalue weighted by Crippen LogP contribution is 2.33. The predicted molar refractivity (Wildman–Crippen MR) is 138 cm³/mol. The number of carbonyl (C=O) groups excluding carboxylic acids is 1. The van der Waals surface area contributed by atoms with Crippen molar-refractivity contribution in [1.29, 1.82) is 0 Å². The molecule has 0 radical (unpaired) electrons. The SMILES string of the molecule is Cc1ccc(N(C)C(=O)c2cn(C(C)(C)C)nc2F)cc1-c1cc(N2CCOCC2)n2nccc2c1. The number of benzene rings is 1. The van der Waals surface area contributed by atoms with E-state index in [1.807, 2.05) is 56.5 Å². The second-order valence-electron chi connectivity index (χ2n) is 10.2. The molecule has 1 saturated heterocycles. The number of aromatic nitrogens is 4. The lowest BCUT2D eigenvalue weighted by Gasteiger charge is -2.29. The van der Waals surface area contributed by atoms with Crippen LogP contribution in [-0.2, 0) is 10.3 Å². The Balaban J connectivity index is 1.52. The van der Waals surface area contributed by atoms with E-state index in [1.165, 1.54) is 15.8 Å². The Morgan fingerprint density at radius 2 is 1.86 bits per heavy atom. The van der Waals surface area contributed by atoms with Crippen LogP contribution in [0, 0.1) is 12.9 Å². The molecule has 9 heteroatoms. The first-order chi connectivity index (χ1) is 17.1. The second-order valence-corrected chi connectivity index (χ2v) is 10.2. The number of halogens is 1. The Morgan fingerprint density at radius 3 is 2.56 bits per heavy atom. The summed E-state index contributed by atoms with van der Waals surface area (Å²) in [6.07, 6.45) is 3.27. The number of ether oxygens (including phenoxy) is 1. The third-order valence-corrected chi connectivity index (χ3v) is 6.62. The summed E-state index contributed by atoms with van der Waals surface area (Å²) >= 11 is 0. The number of anilines is 2. The van der Waals surface area contributed by atoms with Crippen molar-refractivity contribution in [2.24, 2.45) is 0 Å². The van der Waals surface area contributed by atoms with Crippen LogP contribution in [0.15, 0.2) is 48.8 Å². The molecule has 1 fully saturated rings. The van der Waals surface area contributed by atoms with Crippen LogP contribution in [0.4, 0.5) is 15.9 Å². The molecule has 5 rings (SSSR count). The fraction of sp³-hybridized carbons (Fsp3) is 0.370. The van der Waals surface area contributed by atoms with Crippen molar-refractivity contribution in [3.63, 3.8) is 0 Å². The Kier molecular flexibility index (Phi) is 6.04. The number of morpholine rings is 1. The minimum Gasteiger partial charge on any atom is -0.378 e. The first-order valence-corrected chi connectivity index (χ1v) is 12.1. The van der Waals surface area contributed by atoms with Gasteiger partial charge in [0.15, 0.2) is 0 Å². The van der Waals surface area contributed by atoms with E-state index in [4.69, 9.17) is 4.74 Å². The van der Waals surface area contributed by atoms with Crippen LogP contribution in [0.1, 0.15) is 36.7 Å². The molecule has 1 aliphatic heterocycles. The van der Waals surface area contributed by atoms with Crippen LogP contribution in [0.25, 0.3) is 16.6 Å². The summed E-state index contributed by atoms with van der Waals surface area (Å²) in [6, 6.07) is 12.0. The molecule has 8 nitrogen and oxygen atoms in total. The number of pyridine rings is 1. The normalized spacial score (nSPS) is 14.4. The van der Waals surface area contributed by atoms with E-state index in [1.54, 1.807) is 13.2 Å². The van der Waals surface area contributed by atoms with Crippen molar-refractivity contribution < 1.29 is 13.9 Å². The molecule has 0 atom stereocenters. The summed E-state index contributed by atoms with van der Waals surface area (Å²) in [4.78, 5) is 17.0. The smallest absolute Gasteiger partial charge is 0.264 e. The van der Waals surface area contributed by atoms with Gasteiger partial charge >= 0.3 is 0 Å². The largest absolute Gasteiger partial charge is 0.378 e. The van der Waals surface area contributed by atoms with Crippen LogP contribution in [0.2, 0.25) is 0 Å². The Morgan fingerprint density at radius 1 is 1.11 bits per heavy atom. The second kappa shape index (κ2) is 9.05. The highest BCUT2D eigenvalue weighted by molar-refractivity contribution is 6.06. The summed E-state index contributed by atoms with van der Waals surface area (Å²) in [5.74, 6) is -0.213. The van der Waals surface area contributed by atoms with Gasteiger partial charge in [-0.25, -0.2) is 4.52 Å². The van der Waals surface area contributed by atoms with Crippen molar-refractivity contribution in [2.75, 3.05) is 43.2 Å². The van der Waals surface area contributed by atoms with E-state index in [0.717, 1.165) is 41.1 Å². The fourth-order valence-electron chi connectivity index (χ4n) is 4.46. The quantitative estimate of drug-likeness (QED) is 0.421. The van der Waals surface area contributed by atoms with Crippen molar-refractivity contribution in [2.45, 2.75) is 33.2 Å². The molecule has 1 aliphatic rings. The maximum atomic E-state index is 14.6. The molecular weight excluding hydrogens is 459 g/mol. The van der Waals surface area contributed by atoms with Crippen LogP contribution in [0.3, 0.4) is 0 Å². The summed E-state index contributed by atoms with van der Waals surface area (Å²) < 4.78 is 23.6. The Labute approximate surface area is 209 Å². The van der Waals surface area contributed by atoms with Gasteiger partial charge in [0.25, 0.3) is 5.91 Å². The molecule has 1 amide bonds. The van der Waals surface area contributed by atoms with Crippen molar-refractivity contribution in [1.82, 2.24) is 19.4 Å². The fourth-order valence-corrected chi connectivity index (χ4v) is 4.46. The van der Waals surface area contributed by atoms with Gasteiger partial charge in [-0.3, -0.25) is 9.48 Å². The number of rotatable bonds is 4. The van der Waals surface area contributed by atoms with Gasteiger partial charge in [0.05, 0.1) is 30.5 Å². The summed E-state index contributed by atoms with van der Waals surface area (Å²) in [5, 5.41) is 8.44. The molecule has 0 aliphatic carbocycles. The van der Waals surface area contributed by atoms with Gasteiger partial charge in [0.1, 0.15) is 11.4 Å². The van der Waals surface area contributed by atoms with Gasteiger partial charge in [-0.15, -0.1) is 5.10 Å². The van der Waals surface area contributed by atoms with Crippen LogP contribution in [0.5, 0.6) is 0 Å². The van der Waals surface area contributed by atoms with Gasteiger partial charge in [-0.1, -0.05) is 6.07 Å². The third-order valence-electron chi connectivity index (χ3n) is 6.62. The first-order valence-electron chi connectivity index (χ1n) is 12.1. The van der Waals surface area contributed by atoms with Crippen molar-refractivity contribution >= 4 is 22.9 Å². The van der Waals surface area contributed by atoms with Gasteiger partial charge in [0.2, 0.25) is 5.95 Å². The molecule has 36 heavy (non-hydrogen) atoms. The van der Waals surface area contributed by atoms with Gasteiger partial charge in [-0.05, 0) is 74.7 Å². The highest BCUT2D eigenvalue weighted by atomic mass is 19.1. The maximum Gasteiger partial charge on any atom is 0.264 e. The molecule has 3 aromatic heterocycles. The lowest BCUT2D eigenvalue weighted by Crippen LogP contribution is -2.37. The minimum atomic E-state index is -0.768. The van der Waals surface area contributed by atoms with Crippen molar-refractivity contribution in [3.8, 4) is 11.1 Å². The van der Waals surface area contributed by atoms with Gasteiger partial charge in [0, 0.05) is 32.0 Å². The number of fused-ring (bicyclic) bond motifs is 1. The number of hydrogen-bond acceptors (Lipinski definition) is 5. The van der Waals surface area contributed by atoms with E-state index in [-0.39, 0.29) is 5.56 Å². The van der Waals surface area contributed by atoms with E-state index >= 15 is 0 Å². The van der Waals surface area contributed by atoms with E-state index in [9.17, 15) is 9.18 Å². The lowest BCUT2D eigenvalue weighted by atomic mass is 9.99. The third kappa shape index (κ3) is 4.35. The van der Waals surface area contributed by atoms with E-state index in [0.29, 0.717) is 18.9 Å². The van der Waals surface area contributed by atoms with E-state index < -0.39 is 17.4 Å². The lowest BCUT2D eigenvalue weighted by molar-refractivity contribution is 0.0989. The monoisotopic (exact) mass is 490 g/mol. The van der Waals surface area contributed by atoms with Gasteiger partial charge in [-0.2, -0.15) is 9.49 Å². The summed E-state index contributed by atoms with van der Waals surface area (Å²) in [6.45, 7) is 10.7. The number of aryl methyl sites for hydroxylation is 1. The average Bonchev–Trinajstić information content (AvgIpc) is 3.50. The number of amides is 1. The number of nitrogens with zero attached hydrogens (tertiary/aromatic N) is 6. The zero-order valence-electron chi connectivity index (χ0n) is 21.3. The molecule has 188 valence electrons. The zero-order chi connectivity index (χ0) is 25.6. The van der Waals surface area contributed by atoms with Crippen LogP contribution >= 0.6 is 0 Å².